The van der Waals surface area contributed by atoms with Gasteiger partial charge in [-0.3, -0.25) is 0 Å². The summed E-state index contributed by atoms with van der Waals surface area (Å²) in [5.41, 5.74) is 3.75. The standard InChI is InChI=1S/C23H23F3N6O2/c1-14(23(24,25)26)6-2-5-9-20(22(33)34)32-13-27-18-12-15(10-11-19(18)32)16-7-3-4-8-17(16)21-28-30-31-29-21/h3-4,7-8,10-14,20H,2,5-6,9H2,1H3,(H,33,34)(H,28,29,30,31). The van der Waals surface area contributed by atoms with E-state index in [1.54, 1.807) is 10.6 Å². The summed E-state index contributed by atoms with van der Waals surface area (Å²) in [5.74, 6) is -2.00. The minimum Gasteiger partial charge on any atom is -0.480 e. The van der Waals surface area contributed by atoms with Crippen LogP contribution in [0.25, 0.3) is 33.5 Å². The minimum atomic E-state index is -4.23. The smallest absolute Gasteiger partial charge is 0.391 e. The second-order valence-electron chi connectivity index (χ2n) is 8.22. The van der Waals surface area contributed by atoms with E-state index in [0.717, 1.165) is 23.6 Å². The molecule has 2 N–H and O–H groups in total. The van der Waals surface area contributed by atoms with Gasteiger partial charge in [-0.05, 0) is 41.3 Å². The number of nitrogens with one attached hydrogen (secondary N) is 1. The Bertz CT molecular complexity index is 1270. The fourth-order valence-corrected chi connectivity index (χ4v) is 3.99. The van der Waals surface area contributed by atoms with Crippen LogP contribution >= 0.6 is 0 Å². The molecule has 11 heteroatoms. The molecule has 8 nitrogen and oxygen atoms in total. The number of aromatic amines is 1. The molecule has 0 aliphatic heterocycles. The van der Waals surface area contributed by atoms with E-state index in [2.05, 4.69) is 25.6 Å². The fourth-order valence-electron chi connectivity index (χ4n) is 3.99. The van der Waals surface area contributed by atoms with Crippen LogP contribution in [0.1, 0.15) is 38.6 Å². The first-order valence-corrected chi connectivity index (χ1v) is 10.8. The molecule has 0 spiro atoms. The van der Waals surface area contributed by atoms with Crippen LogP contribution in [0.15, 0.2) is 48.8 Å². The molecule has 2 unspecified atom stereocenters. The van der Waals surface area contributed by atoms with Gasteiger partial charge in [-0.25, -0.2) is 9.78 Å². The molecule has 4 rings (SSSR count). The summed E-state index contributed by atoms with van der Waals surface area (Å²) in [5, 5.41) is 23.9. The number of carboxylic acids is 1. The summed E-state index contributed by atoms with van der Waals surface area (Å²) in [6.07, 6.45) is -1.90. The van der Waals surface area contributed by atoms with Crippen molar-refractivity contribution >= 4 is 17.0 Å². The van der Waals surface area contributed by atoms with Crippen LogP contribution in [0.5, 0.6) is 0 Å². The lowest BCUT2D eigenvalue weighted by Crippen LogP contribution is -2.20. The van der Waals surface area contributed by atoms with Crippen molar-refractivity contribution in [2.45, 2.75) is 44.8 Å². The number of aromatic nitrogens is 6. The van der Waals surface area contributed by atoms with E-state index in [1.807, 2.05) is 36.4 Å². The third-order valence-electron chi connectivity index (χ3n) is 5.94. The number of aliphatic carboxylic acids is 1. The number of hydrogen-bond donors (Lipinski definition) is 2. The average molecular weight is 472 g/mol. The maximum absolute atomic E-state index is 12.7. The van der Waals surface area contributed by atoms with Crippen LogP contribution in [0, 0.1) is 5.92 Å². The van der Waals surface area contributed by atoms with Crippen molar-refractivity contribution in [3.05, 3.63) is 48.8 Å². The van der Waals surface area contributed by atoms with Crippen LogP contribution in [0.3, 0.4) is 0 Å². The van der Waals surface area contributed by atoms with E-state index < -0.39 is 24.1 Å². The molecule has 4 aromatic rings. The number of rotatable bonds is 9. The number of H-pyrrole nitrogens is 1. The van der Waals surface area contributed by atoms with Gasteiger partial charge in [-0.1, -0.05) is 50.1 Å². The van der Waals surface area contributed by atoms with Crippen molar-refractivity contribution in [2.24, 2.45) is 5.92 Å². The Morgan fingerprint density at radius 2 is 1.85 bits per heavy atom. The van der Waals surface area contributed by atoms with Crippen molar-refractivity contribution in [2.75, 3.05) is 0 Å². The van der Waals surface area contributed by atoms with Crippen LogP contribution in [-0.4, -0.2) is 47.4 Å². The Morgan fingerprint density at radius 1 is 1.12 bits per heavy atom. The first-order chi connectivity index (χ1) is 16.3. The lowest BCUT2D eigenvalue weighted by Gasteiger charge is -2.17. The van der Waals surface area contributed by atoms with Crippen molar-refractivity contribution in [3.8, 4) is 22.5 Å². The number of imidazole rings is 1. The van der Waals surface area contributed by atoms with Crippen LogP contribution in [-0.2, 0) is 4.79 Å². The molecule has 0 aliphatic rings. The summed E-state index contributed by atoms with van der Waals surface area (Å²) in [6, 6.07) is 12.2. The highest BCUT2D eigenvalue weighted by Gasteiger charge is 2.35. The number of benzene rings is 2. The topological polar surface area (TPSA) is 110 Å². The average Bonchev–Trinajstić information content (AvgIpc) is 3.48. The van der Waals surface area contributed by atoms with Gasteiger partial charge in [0.15, 0.2) is 0 Å². The number of nitrogens with zero attached hydrogens (tertiary/aromatic N) is 5. The summed E-state index contributed by atoms with van der Waals surface area (Å²) in [7, 11) is 0. The fraction of sp³-hybridized carbons (Fsp3) is 0.348. The second-order valence-corrected chi connectivity index (χ2v) is 8.22. The van der Waals surface area contributed by atoms with E-state index >= 15 is 0 Å². The molecule has 2 heterocycles. The number of carbonyl (C=O) groups is 1. The van der Waals surface area contributed by atoms with Crippen LogP contribution < -0.4 is 0 Å². The zero-order valence-corrected chi connectivity index (χ0v) is 18.3. The Morgan fingerprint density at radius 3 is 2.53 bits per heavy atom. The Labute approximate surface area is 192 Å². The van der Waals surface area contributed by atoms with Gasteiger partial charge in [0.05, 0.1) is 23.3 Å². The SMILES string of the molecule is CC(CCCCC(C(=O)O)n1cnc2cc(-c3ccccc3-c3nn[nH]n3)ccc21)C(F)(F)F. The van der Waals surface area contributed by atoms with Gasteiger partial charge in [0.25, 0.3) is 0 Å². The Hall–Kier alpha value is -3.76. The van der Waals surface area contributed by atoms with E-state index in [0.29, 0.717) is 29.7 Å². The molecule has 2 atom stereocenters. The maximum Gasteiger partial charge on any atom is 0.391 e. The van der Waals surface area contributed by atoms with Crippen molar-refractivity contribution in [3.63, 3.8) is 0 Å². The Balaban J connectivity index is 1.55. The third kappa shape index (κ3) is 4.92. The predicted molar refractivity (Wildman–Crippen MR) is 119 cm³/mol. The molecule has 0 fully saturated rings. The van der Waals surface area contributed by atoms with Gasteiger partial charge >= 0.3 is 12.1 Å². The highest BCUT2D eigenvalue weighted by molar-refractivity contribution is 5.88. The van der Waals surface area contributed by atoms with Crippen molar-refractivity contribution in [1.82, 2.24) is 30.2 Å². The molecule has 0 saturated heterocycles. The summed E-state index contributed by atoms with van der Waals surface area (Å²) < 4.78 is 39.7. The van der Waals surface area contributed by atoms with E-state index in [4.69, 9.17) is 0 Å². The summed E-state index contributed by atoms with van der Waals surface area (Å²) in [4.78, 5) is 16.3. The summed E-state index contributed by atoms with van der Waals surface area (Å²) >= 11 is 0. The van der Waals surface area contributed by atoms with Gasteiger partial charge in [-0.2, -0.15) is 18.4 Å². The lowest BCUT2D eigenvalue weighted by atomic mass is 9.98. The molecule has 0 bridgehead atoms. The molecule has 34 heavy (non-hydrogen) atoms. The number of tetrazole rings is 1. The van der Waals surface area contributed by atoms with E-state index in [9.17, 15) is 23.1 Å². The third-order valence-corrected chi connectivity index (χ3v) is 5.94. The molecule has 0 radical (unpaired) electrons. The molecule has 0 amide bonds. The van der Waals surface area contributed by atoms with Gasteiger partial charge in [0.1, 0.15) is 6.04 Å². The number of carboxylic acid groups (broad SMARTS) is 1. The van der Waals surface area contributed by atoms with Gasteiger partial charge < -0.3 is 9.67 Å². The maximum atomic E-state index is 12.7. The number of fused-ring (bicyclic) bond motifs is 1. The first kappa shape index (κ1) is 23.4. The number of alkyl halides is 3. The number of unbranched alkanes of at least 4 members (excludes halogenated alkanes) is 1. The van der Waals surface area contributed by atoms with E-state index in [-0.39, 0.29) is 12.8 Å². The molecule has 178 valence electrons. The minimum absolute atomic E-state index is 0.0241. The molecular formula is C23H23F3N6O2. The van der Waals surface area contributed by atoms with Crippen LogP contribution in [0.2, 0.25) is 0 Å². The second kappa shape index (κ2) is 9.62. The van der Waals surface area contributed by atoms with E-state index in [1.165, 1.54) is 6.33 Å². The molecule has 0 saturated carbocycles. The van der Waals surface area contributed by atoms with Gasteiger partial charge in [0.2, 0.25) is 5.82 Å². The zero-order chi connectivity index (χ0) is 24.3. The number of hydrogen-bond acceptors (Lipinski definition) is 5. The zero-order valence-electron chi connectivity index (χ0n) is 18.3. The van der Waals surface area contributed by atoms with Crippen molar-refractivity contribution < 1.29 is 23.1 Å². The van der Waals surface area contributed by atoms with Gasteiger partial charge in [0, 0.05) is 5.56 Å². The highest BCUT2D eigenvalue weighted by Crippen LogP contribution is 2.33. The quantitative estimate of drug-likeness (QED) is 0.321. The monoisotopic (exact) mass is 472 g/mol. The van der Waals surface area contributed by atoms with Crippen LogP contribution in [0.4, 0.5) is 13.2 Å². The molecule has 2 aromatic heterocycles. The predicted octanol–water partition coefficient (Wildman–Crippen LogP) is 5.27. The summed E-state index contributed by atoms with van der Waals surface area (Å²) in [6.45, 7) is 1.15. The normalized spacial score (nSPS) is 13.8. The molecule has 0 aliphatic carbocycles. The highest BCUT2D eigenvalue weighted by atomic mass is 19.4. The van der Waals surface area contributed by atoms with Crippen molar-refractivity contribution in [1.29, 1.82) is 0 Å². The largest absolute Gasteiger partial charge is 0.480 e. The Kier molecular flexibility index (Phi) is 6.62. The van der Waals surface area contributed by atoms with Gasteiger partial charge in [-0.15, -0.1) is 10.2 Å². The number of halogens is 3. The molecular weight excluding hydrogens is 449 g/mol. The lowest BCUT2D eigenvalue weighted by molar-refractivity contribution is -0.171. The first-order valence-electron chi connectivity index (χ1n) is 10.8. The molecule has 2 aromatic carbocycles.